The van der Waals surface area contributed by atoms with Gasteiger partial charge in [0.25, 0.3) is 11.8 Å². The number of aromatic nitrogens is 2. The van der Waals surface area contributed by atoms with Crippen LogP contribution in [-0.4, -0.2) is 59.9 Å². The van der Waals surface area contributed by atoms with Crippen molar-refractivity contribution >= 4 is 59.3 Å². The Hall–Kier alpha value is -7.84. The molecular weight excluding hydrogens is 729 g/mol. The van der Waals surface area contributed by atoms with E-state index in [9.17, 15) is 19.2 Å². The highest BCUT2D eigenvalue weighted by Gasteiger charge is 2.13. The minimum Gasteiger partial charge on any atom is -0.381 e. The van der Waals surface area contributed by atoms with Crippen molar-refractivity contribution in [2.24, 2.45) is 10.2 Å². The Morgan fingerprint density at radius 2 is 1.04 bits per heavy atom. The zero-order valence-corrected chi connectivity index (χ0v) is 30.6. The first kappa shape index (κ1) is 41.9. The number of hydrogen-bond acceptors (Lipinski definition) is 9. The van der Waals surface area contributed by atoms with E-state index in [1.54, 1.807) is 110 Å². The van der Waals surface area contributed by atoms with Crippen molar-refractivity contribution in [3.8, 4) is 0 Å². The summed E-state index contributed by atoms with van der Waals surface area (Å²) in [5.74, 6) is -2.05. The quantitative estimate of drug-likeness (QED) is 0.0258. The van der Waals surface area contributed by atoms with Crippen LogP contribution in [0.5, 0.6) is 0 Å². The molecule has 0 spiro atoms. The molecule has 288 valence electrons. The van der Waals surface area contributed by atoms with Crippen LogP contribution in [0, 0.1) is 0 Å². The summed E-state index contributed by atoms with van der Waals surface area (Å²) in [5.41, 5.74) is 20.7. The molecule has 2 heterocycles. The van der Waals surface area contributed by atoms with Crippen LogP contribution >= 0.6 is 0 Å². The maximum absolute atomic E-state index is 13.1. The first-order valence-corrected chi connectivity index (χ1v) is 17.5. The minimum absolute atomic E-state index is 0.0235. The smallest absolute Gasteiger partial charge is 0.267 e. The summed E-state index contributed by atoms with van der Waals surface area (Å²) < 4.78 is 5.68. The van der Waals surface area contributed by atoms with Crippen molar-refractivity contribution in [2.75, 3.05) is 26.3 Å². The van der Waals surface area contributed by atoms with Crippen LogP contribution in [0.1, 0.15) is 35.1 Å². The van der Waals surface area contributed by atoms with Crippen molar-refractivity contribution in [2.45, 2.75) is 12.8 Å². The molecule has 4 N–H and O–H groups in total. The van der Waals surface area contributed by atoms with Crippen LogP contribution < -0.4 is 21.3 Å². The van der Waals surface area contributed by atoms with Gasteiger partial charge >= 0.3 is 0 Å². The van der Waals surface area contributed by atoms with Crippen LogP contribution in [0.3, 0.4) is 0 Å². The minimum atomic E-state index is -0.527. The van der Waals surface area contributed by atoms with Gasteiger partial charge in [0, 0.05) is 84.4 Å². The Bertz CT molecular complexity index is 2040. The van der Waals surface area contributed by atoms with E-state index in [0.29, 0.717) is 59.7 Å². The molecule has 0 fully saturated rings. The van der Waals surface area contributed by atoms with Gasteiger partial charge in [0.15, 0.2) is 0 Å². The number of azide groups is 2. The monoisotopic (exact) mass is 766 g/mol. The SMILES string of the molecule is [N-]=[N+]=Nc1ccc(/C=C/C(=O)N/C(=C\c2cccnc2)C(=O)NCCCOCCCNC(=O)/C(=C/c2cccnc2)NC(=O)/C=C/c2ccc(N=[N+]=[N-])cc2)cc1. The summed E-state index contributed by atoms with van der Waals surface area (Å²) in [4.78, 5) is 65.1. The number of benzene rings is 2. The van der Waals surface area contributed by atoms with Gasteiger partial charge in [-0.2, -0.15) is 0 Å². The molecule has 0 saturated carbocycles. The average molecular weight is 767 g/mol. The summed E-state index contributed by atoms with van der Waals surface area (Å²) >= 11 is 0. The number of rotatable bonds is 20. The van der Waals surface area contributed by atoms with E-state index in [1.807, 2.05) is 0 Å². The van der Waals surface area contributed by atoms with Gasteiger partial charge < -0.3 is 26.0 Å². The Morgan fingerprint density at radius 3 is 1.40 bits per heavy atom. The van der Waals surface area contributed by atoms with E-state index in [2.05, 4.69) is 51.3 Å². The molecular formula is C40H38N12O5. The largest absolute Gasteiger partial charge is 0.381 e. The van der Waals surface area contributed by atoms with Gasteiger partial charge in [0.05, 0.1) is 0 Å². The van der Waals surface area contributed by atoms with Crippen LogP contribution in [-0.2, 0) is 23.9 Å². The lowest BCUT2D eigenvalue weighted by molar-refractivity contribution is -0.121. The Balaban J connectivity index is 1.20. The molecule has 57 heavy (non-hydrogen) atoms. The van der Waals surface area contributed by atoms with Crippen molar-refractivity contribution in [1.82, 2.24) is 31.2 Å². The fraction of sp³-hybridized carbons (Fsp3) is 0.150. The number of nitrogens with zero attached hydrogens (tertiary/aromatic N) is 8. The number of amides is 4. The fourth-order valence-corrected chi connectivity index (χ4v) is 4.72. The highest BCUT2D eigenvalue weighted by molar-refractivity contribution is 6.05. The van der Waals surface area contributed by atoms with Gasteiger partial charge in [0.1, 0.15) is 11.4 Å². The second-order valence-corrected chi connectivity index (χ2v) is 11.7. The number of hydrogen-bond donors (Lipinski definition) is 4. The van der Waals surface area contributed by atoms with Crippen LogP contribution in [0.2, 0.25) is 0 Å². The lowest BCUT2D eigenvalue weighted by Crippen LogP contribution is -2.35. The maximum Gasteiger partial charge on any atom is 0.267 e. The lowest BCUT2D eigenvalue weighted by Gasteiger charge is -2.11. The molecule has 0 bridgehead atoms. The molecule has 2 aromatic heterocycles. The number of carbonyl (C=O) groups excluding carboxylic acids is 4. The van der Waals surface area contributed by atoms with E-state index >= 15 is 0 Å². The van der Waals surface area contributed by atoms with E-state index in [-0.39, 0.29) is 24.5 Å². The molecule has 0 atom stereocenters. The third kappa shape index (κ3) is 16.0. The Morgan fingerprint density at radius 1 is 0.614 bits per heavy atom. The van der Waals surface area contributed by atoms with Gasteiger partial charge in [0.2, 0.25) is 11.8 Å². The molecule has 0 aliphatic carbocycles. The van der Waals surface area contributed by atoms with E-state index in [0.717, 1.165) is 0 Å². The topological polar surface area (TPSA) is 249 Å². The van der Waals surface area contributed by atoms with Crippen molar-refractivity contribution in [1.29, 1.82) is 0 Å². The van der Waals surface area contributed by atoms with E-state index < -0.39 is 23.6 Å². The summed E-state index contributed by atoms with van der Waals surface area (Å²) in [6, 6.07) is 20.1. The van der Waals surface area contributed by atoms with Gasteiger partial charge in [-0.15, -0.1) is 0 Å². The molecule has 4 aromatic rings. The Labute approximate surface area is 327 Å². The van der Waals surface area contributed by atoms with Crippen molar-refractivity contribution in [3.63, 3.8) is 0 Å². The molecule has 0 radical (unpaired) electrons. The summed E-state index contributed by atoms with van der Waals surface area (Å²) in [6.07, 6.45) is 16.0. The standard InChI is InChI=1S/C40H38N12O5/c41-51-49-33-13-7-29(8-14-33)11-17-37(53)47-35(25-31-5-1-19-43-27-31)39(55)45-21-3-23-57-24-4-22-46-40(56)36(26-32-6-2-20-44-28-32)48-38(54)18-12-30-9-15-34(16-10-30)50-52-42/h1-2,5-20,25-28H,3-4,21-24H2,(H,45,55)(H,46,56)(H,47,53)(H,48,54)/b17-11+,18-12+,35-25-,36-26-. The molecule has 0 aliphatic heterocycles. The van der Waals surface area contributed by atoms with Crippen LogP contribution in [0.15, 0.2) is 131 Å². The zero-order chi connectivity index (χ0) is 40.5. The predicted octanol–water partition coefficient (Wildman–Crippen LogP) is 6.43. The molecule has 17 nitrogen and oxygen atoms in total. The van der Waals surface area contributed by atoms with Gasteiger partial charge in [-0.05, 0) is 82.6 Å². The maximum atomic E-state index is 13.1. The zero-order valence-electron chi connectivity index (χ0n) is 30.6. The van der Waals surface area contributed by atoms with E-state index in [4.69, 9.17) is 15.8 Å². The molecule has 4 amide bonds. The number of pyridine rings is 2. The average Bonchev–Trinajstić information content (AvgIpc) is 3.23. The highest BCUT2D eigenvalue weighted by Crippen LogP contribution is 2.15. The van der Waals surface area contributed by atoms with Crippen molar-refractivity contribution in [3.05, 3.63) is 164 Å². The molecule has 17 heteroatoms. The third-order valence-electron chi connectivity index (χ3n) is 7.46. The molecule has 0 saturated heterocycles. The van der Waals surface area contributed by atoms with Crippen LogP contribution in [0.4, 0.5) is 11.4 Å². The third-order valence-corrected chi connectivity index (χ3v) is 7.46. The molecule has 0 aliphatic rings. The van der Waals surface area contributed by atoms with Gasteiger partial charge in [-0.1, -0.05) is 70.9 Å². The number of carbonyl (C=O) groups is 4. The van der Waals surface area contributed by atoms with Crippen molar-refractivity contribution < 1.29 is 23.9 Å². The summed E-state index contributed by atoms with van der Waals surface area (Å²) in [6.45, 7) is 1.18. The highest BCUT2D eigenvalue weighted by atomic mass is 16.5. The fourth-order valence-electron chi connectivity index (χ4n) is 4.72. The molecule has 0 unspecified atom stereocenters. The number of nitrogens with one attached hydrogen (secondary N) is 4. The summed E-state index contributed by atoms with van der Waals surface area (Å²) in [5, 5.41) is 17.8. The molecule has 2 aromatic carbocycles. The van der Waals surface area contributed by atoms with Gasteiger partial charge in [-0.3, -0.25) is 29.1 Å². The second-order valence-electron chi connectivity index (χ2n) is 11.7. The molecule has 4 rings (SSSR count). The lowest BCUT2D eigenvalue weighted by atomic mass is 10.2. The first-order valence-electron chi connectivity index (χ1n) is 17.5. The van der Waals surface area contributed by atoms with Gasteiger partial charge in [-0.25, -0.2) is 0 Å². The van der Waals surface area contributed by atoms with E-state index in [1.165, 1.54) is 24.3 Å². The predicted molar refractivity (Wildman–Crippen MR) is 215 cm³/mol. The number of ether oxygens (including phenoxy) is 1. The first-order chi connectivity index (χ1) is 27.8. The van der Waals surface area contributed by atoms with Crippen LogP contribution in [0.25, 0.3) is 45.2 Å². The normalized spacial score (nSPS) is 11.3. The Kier molecular flexibility index (Phi) is 17.5. The second kappa shape index (κ2) is 23.7. The summed E-state index contributed by atoms with van der Waals surface area (Å²) in [7, 11) is 0.